The van der Waals surface area contributed by atoms with Gasteiger partial charge in [-0.1, -0.05) is 52.0 Å². The van der Waals surface area contributed by atoms with Gasteiger partial charge in [-0.3, -0.25) is 0 Å². The van der Waals surface area contributed by atoms with E-state index >= 15 is 0 Å². The number of nitrogens with zero attached hydrogens (tertiary/aromatic N) is 2. The summed E-state index contributed by atoms with van der Waals surface area (Å²) in [6.07, 6.45) is 2.04. The molecule has 0 aliphatic carbocycles. The van der Waals surface area contributed by atoms with Crippen molar-refractivity contribution in [3.8, 4) is 11.3 Å². The largest absolute Gasteiger partial charge is 0.383 e. The SMILES string of the molecule is CCCc1nc(-c2ccc(C(C)(C)C)cc2)c(N)n1C. The molecular weight excluding hydrogens is 246 g/mol. The van der Waals surface area contributed by atoms with Crippen molar-refractivity contribution >= 4 is 5.82 Å². The molecule has 0 aliphatic heterocycles. The highest BCUT2D eigenvalue weighted by Crippen LogP contribution is 2.29. The van der Waals surface area contributed by atoms with Crippen molar-refractivity contribution in [2.45, 2.75) is 46.0 Å². The van der Waals surface area contributed by atoms with Gasteiger partial charge in [-0.25, -0.2) is 4.98 Å². The first-order chi connectivity index (χ1) is 9.34. The Morgan fingerprint density at radius 2 is 1.75 bits per heavy atom. The number of benzene rings is 1. The fourth-order valence-electron chi connectivity index (χ4n) is 2.35. The summed E-state index contributed by atoms with van der Waals surface area (Å²) >= 11 is 0. The van der Waals surface area contributed by atoms with Crippen molar-refractivity contribution in [1.82, 2.24) is 9.55 Å². The van der Waals surface area contributed by atoms with Gasteiger partial charge in [0.05, 0.1) is 0 Å². The summed E-state index contributed by atoms with van der Waals surface area (Å²) in [5.74, 6) is 1.80. The molecule has 2 aromatic rings. The molecule has 1 heterocycles. The van der Waals surface area contributed by atoms with Crippen LogP contribution in [0.3, 0.4) is 0 Å². The summed E-state index contributed by atoms with van der Waals surface area (Å²) < 4.78 is 2.00. The van der Waals surface area contributed by atoms with Crippen molar-refractivity contribution in [3.05, 3.63) is 35.7 Å². The molecule has 3 nitrogen and oxygen atoms in total. The van der Waals surface area contributed by atoms with E-state index in [4.69, 9.17) is 10.7 Å². The number of hydrogen-bond donors (Lipinski definition) is 1. The summed E-state index contributed by atoms with van der Waals surface area (Å²) in [5, 5.41) is 0. The molecule has 0 unspecified atom stereocenters. The van der Waals surface area contributed by atoms with Crippen LogP contribution in [0.1, 0.15) is 45.5 Å². The third-order valence-electron chi connectivity index (χ3n) is 3.73. The lowest BCUT2D eigenvalue weighted by molar-refractivity contribution is 0.590. The minimum Gasteiger partial charge on any atom is -0.383 e. The molecule has 0 bridgehead atoms. The minimum absolute atomic E-state index is 0.168. The Labute approximate surface area is 121 Å². The molecule has 1 aromatic carbocycles. The number of nitrogens with two attached hydrogens (primary N) is 1. The molecule has 0 atom stereocenters. The van der Waals surface area contributed by atoms with Crippen molar-refractivity contribution < 1.29 is 0 Å². The van der Waals surface area contributed by atoms with E-state index in [-0.39, 0.29) is 5.41 Å². The van der Waals surface area contributed by atoms with Crippen LogP contribution in [0.15, 0.2) is 24.3 Å². The van der Waals surface area contributed by atoms with Gasteiger partial charge in [-0.2, -0.15) is 0 Å². The van der Waals surface area contributed by atoms with E-state index in [1.807, 2.05) is 11.6 Å². The second-order valence-corrected chi connectivity index (χ2v) is 6.40. The van der Waals surface area contributed by atoms with E-state index in [9.17, 15) is 0 Å². The van der Waals surface area contributed by atoms with Crippen molar-refractivity contribution in [1.29, 1.82) is 0 Å². The van der Waals surface area contributed by atoms with E-state index in [1.165, 1.54) is 5.56 Å². The van der Waals surface area contributed by atoms with Gasteiger partial charge < -0.3 is 10.3 Å². The quantitative estimate of drug-likeness (QED) is 0.919. The first kappa shape index (κ1) is 14.6. The number of rotatable bonds is 3. The average molecular weight is 271 g/mol. The number of aryl methyl sites for hydroxylation is 1. The molecule has 0 aliphatic rings. The molecule has 2 rings (SSSR count). The Bertz CT molecular complexity index is 586. The molecule has 108 valence electrons. The van der Waals surface area contributed by atoms with Gasteiger partial charge in [0.25, 0.3) is 0 Å². The predicted molar refractivity (Wildman–Crippen MR) is 85.8 cm³/mol. The van der Waals surface area contributed by atoms with Crippen LogP contribution >= 0.6 is 0 Å². The number of imidazole rings is 1. The number of nitrogen functional groups attached to an aromatic ring is 1. The van der Waals surface area contributed by atoms with E-state index in [1.54, 1.807) is 0 Å². The molecule has 0 saturated carbocycles. The summed E-state index contributed by atoms with van der Waals surface area (Å²) in [7, 11) is 1.99. The van der Waals surface area contributed by atoms with Gasteiger partial charge in [0, 0.05) is 19.0 Å². The summed E-state index contributed by atoms with van der Waals surface area (Å²) in [4.78, 5) is 4.70. The minimum atomic E-state index is 0.168. The second-order valence-electron chi connectivity index (χ2n) is 6.40. The summed E-state index contributed by atoms with van der Waals surface area (Å²) in [5.41, 5.74) is 9.67. The van der Waals surface area contributed by atoms with Gasteiger partial charge in [0.15, 0.2) is 0 Å². The molecule has 2 N–H and O–H groups in total. The van der Waals surface area contributed by atoms with Crippen LogP contribution < -0.4 is 5.73 Å². The van der Waals surface area contributed by atoms with Crippen LogP contribution in [-0.2, 0) is 18.9 Å². The van der Waals surface area contributed by atoms with Crippen molar-refractivity contribution in [2.75, 3.05) is 5.73 Å². The highest BCUT2D eigenvalue weighted by atomic mass is 15.1. The van der Waals surface area contributed by atoms with Gasteiger partial charge in [0.1, 0.15) is 17.3 Å². The van der Waals surface area contributed by atoms with Crippen molar-refractivity contribution in [2.24, 2.45) is 7.05 Å². The molecule has 3 heteroatoms. The lowest BCUT2D eigenvalue weighted by Crippen LogP contribution is -2.10. The maximum atomic E-state index is 6.19. The third kappa shape index (κ3) is 2.72. The third-order valence-corrected chi connectivity index (χ3v) is 3.73. The lowest BCUT2D eigenvalue weighted by atomic mass is 9.86. The Morgan fingerprint density at radius 3 is 2.25 bits per heavy atom. The molecule has 0 saturated heterocycles. The standard InChI is InChI=1S/C17H25N3/c1-6-7-14-19-15(16(18)20(14)5)12-8-10-13(11-9-12)17(2,3)4/h8-11H,6-7,18H2,1-5H3. The second kappa shape index (κ2) is 5.31. The van der Waals surface area contributed by atoms with Crippen LogP contribution in [0.5, 0.6) is 0 Å². The summed E-state index contributed by atoms with van der Waals surface area (Å²) in [6, 6.07) is 8.58. The van der Waals surface area contributed by atoms with Gasteiger partial charge in [0.2, 0.25) is 0 Å². The van der Waals surface area contributed by atoms with Crippen LogP contribution in [0.25, 0.3) is 11.3 Å². The Kier molecular flexibility index (Phi) is 3.89. The Morgan fingerprint density at radius 1 is 1.15 bits per heavy atom. The average Bonchev–Trinajstić information content (AvgIpc) is 2.67. The molecule has 0 amide bonds. The molecule has 0 radical (unpaired) electrons. The van der Waals surface area contributed by atoms with Crippen LogP contribution in [-0.4, -0.2) is 9.55 Å². The Balaban J connectivity index is 2.39. The zero-order chi connectivity index (χ0) is 14.9. The highest BCUT2D eigenvalue weighted by Gasteiger charge is 2.16. The molecule has 1 aromatic heterocycles. The number of anilines is 1. The molecular formula is C17H25N3. The predicted octanol–water partition coefficient (Wildman–Crippen LogP) is 3.92. The fraction of sp³-hybridized carbons (Fsp3) is 0.471. The van der Waals surface area contributed by atoms with Gasteiger partial charge in [-0.05, 0) is 17.4 Å². The van der Waals surface area contributed by atoms with Crippen LogP contribution in [0.2, 0.25) is 0 Å². The first-order valence-electron chi connectivity index (χ1n) is 7.26. The zero-order valence-corrected chi connectivity index (χ0v) is 13.2. The fourth-order valence-corrected chi connectivity index (χ4v) is 2.35. The van der Waals surface area contributed by atoms with E-state index < -0.39 is 0 Å². The lowest BCUT2D eigenvalue weighted by Gasteiger charge is -2.19. The normalized spacial score (nSPS) is 11.8. The Hall–Kier alpha value is -1.77. The number of aromatic nitrogens is 2. The monoisotopic (exact) mass is 271 g/mol. The topological polar surface area (TPSA) is 43.8 Å². The van der Waals surface area contributed by atoms with Gasteiger partial charge in [-0.15, -0.1) is 0 Å². The summed E-state index contributed by atoms with van der Waals surface area (Å²) in [6.45, 7) is 8.81. The van der Waals surface area contributed by atoms with Crippen molar-refractivity contribution in [3.63, 3.8) is 0 Å². The van der Waals surface area contributed by atoms with E-state index in [0.29, 0.717) is 0 Å². The first-order valence-corrected chi connectivity index (χ1v) is 7.26. The van der Waals surface area contributed by atoms with E-state index in [0.717, 1.165) is 35.7 Å². The number of hydrogen-bond acceptors (Lipinski definition) is 2. The molecule has 0 fully saturated rings. The van der Waals surface area contributed by atoms with Crippen LogP contribution in [0, 0.1) is 0 Å². The smallest absolute Gasteiger partial charge is 0.131 e. The molecule has 20 heavy (non-hydrogen) atoms. The van der Waals surface area contributed by atoms with Gasteiger partial charge >= 0.3 is 0 Å². The van der Waals surface area contributed by atoms with E-state index in [2.05, 4.69) is 52.0 Å². The zero-order valence-electron chi connectivity index (χ0n) is 13.2. The maximum absolute atomic E-state index is 6.19. The highest BCUT2D eigenvalue weighted by molar-refractivity contribution is 5.71. The van der Waals surface area contributed by atoms with Crippen LogP contribution in [0.4, 0.5) is 5.82 Å². The maximum Gasteiger partial charge on any atom is 0.131 e. The molecule has 0 spiro atoms.